The van der Waals surface area contributed by atoms with Crippen molar-refractivity contribution in [3.63, 3.8) is 0 Å². The molecular weight excluding hydrogens is 392 g/mol. The largest absolute Gasteiger partial charge is 0.493 e. The smallest absolute Gasteiger partial charge is 0.254 e. The van der Waals surface area contributed by atoms with Crippen molar-refractivity contribution < 1.29 is 19.0 Å². The number of methoxy groups -OCH3 is 2. The number of carbonyl (C=O) groups excluding carboxylic acids is 1. The van der Waals surface area contributed by atoms with E-state index in [4.69, 9.17) is 14.2 Å². The molecule has 1 aromatic heterocycles. The third-order valence-electron chi connectivity index (χ3n) is 5.48. The Hall–Kier alpha value is -3.54. The molecule has 1 aliphatic rings. The van der Waals surface area contributed by atoms with Gasteiger partial charge in [-0.05, 0) is 42.7 Å². The summed E-state index contributed by atoms with van der Waals surface area (Å²) < 4.78 is 17.1. The Kier molecular flexibility index (Phi) is 6.36. The Morgan fingerprint density at radius 2 is 1.74 bits per heavy atom. The normalized spacial score (nSPS) is 15.5. The van der Waals surface area contributed by atoms with E-state index in [-0.39, 0.29) is 11.9 Å². The third-order valence-corrected chi connectivity index (χ3v) is 5.48. The molecule has 1 fully saturated rings. The summed E-state index contributed by atoms with van der Waals surface area (Å²) in [6.07, 6.45) is 3.61. The molecule has 1 saturated heterocycles. The molecule has 31 heavy (non-hydrogen) atoms. The van der Waals surface area contributed by atoms with Crippen molar-refractivity contribution in [3.05, 3.63) is 83.7 Å². The summed E-state index contributed by atoms with van der Waals surface area (Å²) in [6.45, 7) is 1.06. The minimum absolute atomic E-state index is 0.0281. The fourth-order valence-corrected chi connectivity index (χ4v) is 3.93. The van der Waals surface area contributed by atoms with E-state index in [1.165, 1.54) is 0 Å². The van der Waals surface area contributed by atoms with Gasteiger partial charge in [0.05, 0.1) is 26.0 Å². The van der Waals surface area contributed by atoms with Crippen molar-refractivity contribution in [1.82, 2.24) is 9.88 Å². The van der Waals surface area contributed by atoms with Crippen molar-refractivity contribution >= 4 is 5.91 Å². The van der Waals surface area contributed by atoms with Crippen molar-refractivity contribution in [2.45, 2.75) is 25.5 Å². The molecule has 2 aromatic carbocycles. The first-order chi connectivity index (χ1) is 15.2. The molecule has 1 aliphatic heterocycles. The van der Waals surface area contributed by atoms with E-state index in [9.17, 15) is 4.79 Å². The lowest BCUT2D eigenvalue weighted by Gasteiger charge is -2.25. The van der Waals surface area contributed by atoms with Crippen LogP contribution < -0.4 is 14.2 Å². The molecular formula is C25H26N2O4. The highest BCUT2D eigenvalue weighted by Crippen LogP contribution is 2.40. The van der Waals surface area contributed by atoms with Crippen molar-refractivity contribution in [2.24, 2.45) is 0 Å². The number of carbonyl (C=O) groups is 1. The molecule has 2 heterocycles. The SMILES string of the molecule is COc1cc(C(=O)N2CCCC2c2ccccn2)cc(OC)c1OCc1ccccc1. The van der Waals surface area contributed by atoms with Gasteiger partial charge in [-0.1, -0.05) is 36.4 Å². The summed E-state index contributed by atoms with van der Waals surface area (Å²) in [5.74, 6) is 1.34. The van der Waals surface area contributed by atoms with Gasteiger partial charge in [-0.2, -0.15) is 0 Å². The second kappa shape index (κ2) is 9.51. The number of amides is 1. The fourth-order valence-electron chi connectivity index (χ4n) is 3.93. The maximum Gasteiger partial charge on any atom is 0.254 e. The lowest BCUT2D eigenvalue weighted by Crippen LogP contribution is -2.31. The highest BCUT2D eigenvalue weighted by atomic mass is 16.5. The number of aromatic nitrogens is 1. The number of benzene rings is 2. The van der Waals surface area contributed by atoms with Crippen LogP contribution in [0.4, 0.5) is 0 Å². The molecule has 0 saturated carbocycles. The van der Waals surface area contributed by atoms with Crippen LogP contribution in [0.25, 0.3) is 0 Å². The van der Waals surface area contributed by atoms with Crippen LogP contribution in [-0.2, 0) is 6.61 Å². The lowest BCUT2D eigenvalue weighted by molar-refractivity contribution is 0.0732. The van der Waals surface area contributed by atoms with Crippen LogP contribution in [0, 0.1) is 0 Å². The molecule has 0 N–H and O–H groups in total. The van der Waals surface area contributed by atoms with Gasteiger partial charge >= 0.3 is 0 Å². The van der Waals surface area contributed by atoms with Crippen LogP contribution in [0.15, 0.2) is 66.9 Å². The highest BCUT2D eigenvalue weighted by Gasteiger charge is 2.32. The number of pyridine rings is 1. The van der Waals surface area contributed by atoms with Crippen LogP contribution >= 0.6 is 0 Å². The van der Waals surface area contributed by atoms with Gasteiger partial charge in [-0.3, -0.25) is 9.78 Å². The zero-order chi connectivity index (χ0) is 21.6. The minimum Gasteiger partial charge on any atom is -0.493 e. The predicted octanol–water partition coefficient (Wildman–Crippen LogP) is 4.66. The zero-order valence-corrected chi connectivity index (χ0v) is 17.8. The average molecular weight is 418 g/mol. The summed E-state index contributed by atoms with van der Waals surface area (Å²) in [7, 11) is 3.12. The van der Waals surface area contributed by atoms with Gasteiger partial charge in [-0.25, -0.2) is 0 Å². The minimum atomic E-state index is -0.0700. The zero-order valence-electron chi connectivity index (χ0n) is 17.8. The summed E-state index contributed by atoms with van der Waals surface area (Å²) >= 11 is 0. The van der Waals surface area contributed by atoms with Crippen LogP contribution in [0.3, 0.4) is 0 Å². The van der Waals surface area contributed by atoms with Gasteiger partial charge in [0.2, 0.25) is 5.75 Å². The number of nitrogens with zero attached hydrogens (tertiary/aromatic N) is 2. The van der Waals surface area contributed by atoms with Crippen molar-refractivity contribution in [3.8, 4) is 17.2 Å². The number of likely N-dealkylation sites (tertiary alicyclic amines) is 1. The molecule has 4 rings (SSSR count). The third kappa shape index (κ3) is 4.48. The summed E-state index contributed by atoms with van der Waals surface area (Å²) in [5.41, 5.74) is 2.45. The first-order valence-corrected chi connectivity index (χ1v) is 10.4. The topological polar surface area (TPSA) is 60.9 Å². The number of rotatable bonds is 7. The van der Waals surface area contributed by atoms with E-state index in [2.05, 4.69) is 4.98 Å². The molecule has 0 spiro atoms. The summed E-state index contributed by atoms with van der Waals surface area (Å²) in [4.78, 5) is 19.7. The maximum absolute atomic E-state index is 13.4. The summed E-state index contributed by atoms with van der Waals surface area (Å²) in [6, 6.07) is 19.1. The molecule has 6 heteroatoms. The number of hydrogen-bond acceptors (Lipinski definition) is 5. The van der Waals surface area contributed by atoms with E-state index >= 15 is 0 Å². The maximum atomic E-state index is 13.4. The molecule has 160 valence electrons. The highest BCUT2D eigenvalue weighted by molar-refractivity contribution is 5.96. The first-order valence-electron chi connectivity index (χ1n) is 10.4. The predicted molar refractivity (Wildman–Crippen MR) is 118 cm³/mol. The molecule has 1 amide bonds. The molecule has 0 aliphatic carbocycles. The molecule has 0 bridgehead atoms. The van der Waals surface area contributed by atoms with E-state index in [1.54, 1.807) is 32.5 Å². The number of hydrogen-bond donors (Lipinski definition) is 0. The van der Waals surface area contributed by atoms with Gasteiger partial charge < -0.3 is 19.1 Å². The van der Waals surface area contributed by atoms with Gasteiger partial charge in [0.25, 0.3) is 5.91 Å². The Bertz CT molecular complexity index is 999. The van der Waals surface area contributed by atoms with Gasteiger partial charge in [0, 0.05) is 18.3 Å². The summed E-state index contributed by atoms with van der Waals surface area (Å²) in [5, 5.41) is 0. The van der Waals surface area contributed by atoms with E-state index in [0.29, 0.717) is 36.0 Å². The van der Waals surface area contributed by atoms with Crippen LogP contribution in [0.5, 0.6) is 17.2 Å². The quantitative estimate of drug-likeness (QED) is 0.559. The standard InChI is InChI=1S/C25H26N2O4/c1-29-22-15-19(16-23(30-2)24(22)31-17-18-9-4-3-5-10-18)25(28)27-14-8-12-21(27)20-11-6-7-13-26-20/h3-7,9-11,13,15-16,21H,8,12,14,17H2,1-2H3. The van der Waals surface area contributed by atoms with E-state index < -0.39 is 0 Å². The van der Waals surface area contributed by atoms with Gasteiger partial charge in [0.1, 0.15) is 6.61 Å². The van der Waals surface area contributed by atoms with E-state index in [1.807, 2.05) is 53.4 Å². The Morgan fingerprint density at radius 3 is 2.39 bits per heavy atom. The fraction of sp³-hybridized carbons (Fsp3) is 0.280. The van der Waals surface area contributed by atoms with Crippen LogP contribution in [-0.4, -0.2) is 36.6 Å². The van der Waals surface area contributed by atoms with Crippen LogP contribution in [0.1, 0.15) is 40.5 Å². The van der Waals surface area contributed by atoms with Gasteiger partial charge in [0.15, 0.2) is 11.5 Å². The molecule has 6 nitrogen and oxygen atoms in total. The van der Waals surface area contributed by atoms with E-state index in [0.717, 1.165) is 24.1 Å². The second-order valence-electron chi connectivity index (χ2n) is 7.40. The molecule has 0 radical (unpaired) electrons. The number of ether oxygens (including phenoxy) is 3. The van der Waals surface area contributed by atoms with Crippen LogP contribution in [0.2, 0.25) is 0 Å². The molecule has 1 atom stereocenters. The first kappa shape index (κ1) is 20.7. The average Bonchev–Trinajstić information content (AvgIpc) is 3.33. The Balaban J connectivity index is 1.60. The molecule has 3 aromatic rings. The second-order valence-corrected chi connectivity index (χ2v) is 7.40. The monoisotopic (exact) mass is 418 g/mol. The van der Waals surface area contributed by atoms with Crippen molar-refractivity contribution in [1.29, 1.82) is 0 Å². The van der Waals surface area contributed by atoms with Gasteiger partial charge in [-0.15, -0.1) is 0 Å². The Labute approximate surface area is 182 Å². The molecule has 1 unspecified atom stereocenters. The van der Waals surface area contributed by atoms with Crippen molar-refractivity contribution in [2.75, 3.05) is 20.8 Å². The lowest BCUT2D eigenvalue weighted by atomic mass is 10.1. The Morgan fingerprint density at radius 1 is 1.03 bits per heavy atom.